The molecular formula is C13H21N3O2S. The molecule has 2 aromatic rings. The van der Waals surface area contributed by atoms with E-state index >= 15 is 0 Å². The van der Waals surface area contributed by atoms with Gasteiger partial charge in [-0.2, -0.15) is 4.98 Å². The summed E-state index contributed by atoms with van der Waals surface area (Å²) in [6, 6.07) is 0. The van der Waals surface area contributed by atoms with Gasteiger partial charge >= 0.3 is 0 Å². The van der Waals surface area contributed by atoms with Crippen molar-refractivity contribution < 1.29 is 9.84 Å². The Hall–Kier alpha value is -1.11. The number of nitrogens with zero attached hydrogens (tertiary/aromatic N) is 2. The maximum atomic E-state index is 9.83. The van der Waals surface area contributed by atoms with E-state index in [1.54, 1.807) is 18.4 Å². The van der Waals surface area contributed by atoms with Crippen LogP contribution in [0.3, 0.4) is 0 Å². The average Bonchev–Trinajstić information content (AvgIpc) is 2.89. The van der Waals surface area contributed by atoms with Crippen LogP contribution in [-0.4, -0.2) is 34.2 Å². The summed E-state index contributed by atoms with van der Waals surface area (Å²) < 4.78 is 7.30. The lowest BCUT2D eigenvalue weighted by Crippen LogP contribution is -2.28. The number of imidazole rings is 1. The van der Waals surface area contributed by atoms with Crippen molar-refractivity contribution in [3.05, 3.63) is 17.3 Å². The first-order chi connectivity index (χ1) is 9.11. The third-order valence-corrected chi connectivity index (χ3v) is 3.69. The van der Waals surface area contributed by atoms with Gasteiger partial charge in [0.25, 0.3) is 0 Å². The van der Waals surface area contributed by atoms with Gasteiger partial charge in [-0.3, -0.25) is 4.40 Å². The highest BCUT2D eigenvalue weighted by atomic mass is 32.1. The summed E-state index contributed by atoms with van der Waals surface area (Å²) in [4.78, 5) is 5.32. The number of methoxy groups -OCH3 is 1. The molecule has 0 bridgehead atoms. The summed E-state index contributed by atoms with van der Waals surface area (Å²) >= 11 is 1.58. The number of aliphatic hydroxyl groups excluding tert-OH is 1. The van der Waals surface area contributed by atoms with Gasteiger partial charge in [-0.05, 0) is 12.3 Å². The van der Waals surface area contributed by atoms with Crippen LogP contribution in [0.15, 0.2) is 11.6 Å². The van der Waals surface area contributed by atoms with Gasteiger partial charge in [0.15, 0.2) is 4.96 Å². The molecule has 0 fully saturated rings. The van der Waals surface area contributed by atoms with E-state index in [0.29, 0.717) is 24.9 Å². The second-order valence-electron chi connectivity index (χ2n) is 5.04. The fraction of sp³-hybridized carbons (Fsp3) is 0.615. The minimum atomic E-state index is -0.308. The normalized spacial score (nSPS) is 13.3. The fourth-order valence-corrected chi connectivity index (χ4v) is 2.85. The highest BCUT2D eigenvalue weighted by Gasteiger charge is 2.14. The number of nitrogens with one attached hydrogen (secondary N) is 1. The maximum absolute atomic E-state index is 9.83. The summed E-state index contributed by atoms with van der Waals surface area (Å²) in [6.07, 6.45) is 2.48. The van der Waals surface area contributed by atoms with Gasteiger partial charge in [0.05, 0.1) is 13.2 Å². The molecule has 106 valence electrons. The SMILES string of the molecule is COc1nc2sccn2c1CNCC(O)CC(C)C. The van der Waals surface area contributed by atoms with Crippen LogP contribution in [0, 0.1) is 5.92 Å². The second kappa shape index (κ2) is 6.36. The van der Waals surface area contributed by atoms with Crippen molar-refractivity contribution >= 4 is 16.3 Å². The molecule has 0 spiro atoms. The molecule has 0 amide bonds. The number of fused-ring (bicyclic) bond motifs is 1. The Balaban J connectivity index is 1.95. The van der Waals surface area contributed by atoms with E-state index < -0.39 is 0 Å². The lowest BCUT2D eigenvalue weighted by molar-refractivity contribution is 0.146. The molecule has 6 heteroatoms. The quantitative estimate of drug-likeness (QED) is 0.815. The van der Waals surface area contributed by atoms with E-state index in [0.717, 1.165) is 17.1 Å². The number of rotatable bonds is 7. The van der Waals surface area contributed by atoms with Gasteiger partial charge in [0.2, 0.25) is 5.88 Å². The average molecular weight is 283 g/mol. The zero-order chi connectivity index (χ0) is 13.8. The first-order valence-corrected chi connectivity index (χ1v) is 7.37. The van der Waals surface area contributed by atoms with Crippen LogP contribution in [0.2, 0.25) is 0 Å². The summed E-state index contributed by atoms with van der Waals surface area (Å²) in [5.74, 6) is 1.16. The van der Waals surface area contributed by atoms with Crippen molar-refractivity contribution in [1.82, 2.24) is 14.7 Å². The van der Waals surface area contributed by atoms with Crippen molar-refractivity contribution in [2.45, 2.75) is 32.9 Å². The Morgan fingerprint density at radius 2 is 2.32 bits per heavy atom. The molecule has 2 heterocycles. The van der Waals surface area contributed by atoms with E-state index in [9.17, 15) is 5.11 Å². The summed E-state index contributed by atoms with van der Waals surface area (Å²) in [7, 11) is 1.63. The van der Waals surface area contributed by atoms with Gasteiger partial charge in [0, 0.05) is 24.7 Å². The molecule has 0 saturated carbocycles. The van der Waals surface area contributed by atoms with Crippen LogP contribution in [0.4, 0.5) is 0 Å². The van der Waals surface area contributed by atoms with Gasteiger partial charge in [-0.25, -0.2) is 0 Å². The van der Waals surface area contributed by atoms with Gasteiger partial charge < -0.3 is 15.2 Å². The number of aromatic nitrogens is 2. The topological polar surface area (TPSA) is 58.8 Å². The standard InChI is InChI=1S/C13H21N3O2S/c1-9(2)6-10(17)7-14-8-11-12(18-3)15-13-16(11)4-5-19-13/h4-5,9-10,14,17H,6-8H2,1-3H3. The highest BCUT2D eigenvalue weighted by molar-refractivity contribution is 7.15. The molecule has 0 saturated heterocycles. The van der Waals surface area contributed by atoms with E-state index in [-0.39, 0.29) is 6.10 Å². The minimum Gasteiger partial charge on any atom is -0.480 e. The van der Waals surface area contributed by atoms with Crippen molar-refractivity contribution in [3.8, 4) is 5.88 Å². The van der Waals surface area contributed by atoms with Gasteiger partial charge in [0.1, 0.15) is 5.69 Å². The molecule has 1 atom stereocenters. The number of thiazole rings is 1. The summed E-state index contributed by atoms with van der Waals surface area (Å²) in [6.45, 7) is 5.44. The molecule has 0 aliphatic heterocycles. The van der Waals surface area contributed by atoms with Crippen LogP contribution in [0.5, 0.6) is 5.88 Å². The fourth-order valence-electron chi connectivity index (χ4n) is 2.12. The predicted molar refractivity (Wildman–Crippen MR) is 76.8 cm³/mol. The van der Waals surface area contributed by atoms with Gasteiger partial charge in [-0.1, -0.05) is 13.8 Å². The monoisotopic (exact) mass is 283 g/mol. The summed E-state index contributed by atoms with van der Waals surface area (Å²) in [5.41, 5.74) is 0.996. The molecular weight excluding hydrogens is 262 g/mol. The van der Waals surface area contributed by atoms with E-state index in [2.05, 4.69) is 24.1 Å². The van der Waals surface area contributed by atoms with Crippen LogP contribution in [0.1, 0.15) is 26.0 Å². The van der Waals surface area contributed by atoms with Crippen LogP contribution in [0.25, 0.3) is 4.96 Å². The number of hydrogen-bond donors (Lipinski definition) is 2. The Kier molecular flexibility index (Phi) is 4.79. The second-order valence-corrected chi connectivity index (χ2v) is 5.91. The Morgan fingerprint density at radius 1 is 1.53 bits per heavy atom. The first-order valence-electron chi connectivity index (χ1n) is 6.49. The van der Waals surface area contributed by atoms with Crippen molar-refractivity contribution in [3.63, 3.8) is 0 Å². The number of aliphatic hydroxyl groups is 1. The lowest BCUT2D eigenvalue weighted by Gasteiger charge is -2.13. The third kappa shape index (κ3) is 3.46. The smallest absolute Gasteiger partial charge is 0.237 e. The van der Waals surface area contributed by atoms with Crippen molar-refractivity contribution in [2.24, 2.45) is 5.92 Å². The molecule has 1 unspecified atom stereocenters. The Bertz CT molecular complexity index is 521. The van der Waals surface area contributed by atoms with Crippen LogP contribution < -0.4 is 10.1 Å². The minimum absolute atomic E-state index is 0.308. The zero-order valence-corrected chi connectivity index (χ0v) is 12.4. The van der Waals surface area contributed by atoms with E-state index in [1.807, 2.05) is 16.0 Å². The largest absolute Gasteiger partial charge is 0.480 e. The Morgan fingerprint density at radius 3 is 3.00 bits per heavy atom. The Labute approximate surface area is 117 Å². The number of hydrogen-bond acceptors (Lipinski definition) is 5. The molecule has 0 aromatic carbocycles. The highest BCUT2D eigenvalue weighted by Crippen LogP contribution is 2.22. The van der Waals surface area contributed by atoms with Gasteiger partial charge in [-0.15, -0.1) is 11.3 Å². The predicted octanol–water partition coefficient (Wildman–Crippen LogP) is 1.90. The van der Waals surface area contributed by atoms with Crippen molar-refractivity contribution in [1.29, 1.82) is 0 Å². The molecule has 2 N–H and O–H groups in total. The van der Waals surface area contributed by atoms with Crippen LogP contribution in [-0.2, 0) is 6.54 Å². The first kappa shape index (κ1) is 14.3. The maximum Gasteiger partial charge on any atom is 0.237 e. The zero-order valence-electron chi connectivity index (χ0n) is 11.6. The molecule has 5 nitrogen and oxygen atoms in total. The summed E-state index contributed by atoms with van der Waals surface area (Å²) in [5, 5.41) is 15.1. The lowest BCUT2D eigenvalue weighted by atomic mass is 10.1. The van der Waals surface area contributed by atoms with E-state index in [1.165, 1.54) is 0 Å². The molecule has 19 heavy (non-hydrogen) atoms. The number of ether oxygens (including phenoxy) is 1. The molecule has 2 aromatic heterocycles. The van der Waals surface area contributed by atoms with Crippen molar-refractivity contribution in [2.75, 3.05) is 13.7 Å². The third-order valence-electron chi connectivity index (χ3n) is 2.93. The molecule has 0 aliphatic rings. The molecule has 0 radical (unpaired) electrons. The van der Waals surface area contributed by atoms with Crippen LogP contribution >= 0.6 is 11.3 Å². The molecule has 2 rings (SSSR count). The van der Waals surface area contributed by atoms with E-state index in [4.69, 9.17) is 4.74 Å². The molecule has 0 aliphatic carbocycles.